The molecule has 0 unspecified atom stereocenters. The number of aromatic nitrogens is 2. The quantitative estimate of drug-likeness (QED) is 0.787. The van der Waals surface area contributed by atoms with Crippen LogP contribution in [0.1, 0.15) is 11.4 Å². The Hall–Kier alpha value is -1.57. The molecule has 0 saturated carbocycles. The van der Waals surface area contributed by atoms with Gasteiger partial charge >= 0.3 is 0 Å². The Morgan fingerprint density at radius 1 is 1.42 bits per heavy atom. The van der Waals surface area contributed by atoms with Crippen LogP contribution in [0.15, 0.2) is 18.2 Å². The first-order valence-electron chi connectivity index (χ1n) is 6.25. The van der Waals surface area contributed by atoms with Gasteiger partial charge in [0.1, 0.15) is 5.82 Å². The predicted molar refractivity (Wildman–Crippen MR) is 77.4 cm³/mol. The van der Waals surface area contributed by atoms with E-state index in [0.29, 0.717) is 11.4 Å². The Morgan fingerprint density at radius 3 is 2.84 bits per heavy atom. The van der Waals surface area contributed by atoms with Gasteiger partial charge in [0.2, 0.25) is 0 Å². The molecule has 1 aromatic carbocycles. The second-order valence-corrected chi connectivity index (χ2v) is 5.12. The standard InChI is InChI=1S/C14H17ClN4/c1-18(2)7-8-19-13-9-11(10-16)3-4-12(13)17-14(19)5-6-15/h3-4,9H,5-8H2,1-2H3. The first kappa shape index (κ1) is 13.9. The Morgan fingerprint density at radius 2 is 2.21 bits per heavy atom. The van der Waals surface area contributed by atoms with E-state index in [1.807, 2.05) is 26.2 Å². The second-order valence-electron chi connectivity index (χ2n) is 4.74. The molecule has 2 aromatic rings. The van der Waals surface area contributed by atoms with E-state index >= 15 is 0 Å². The zero-order chi connectivity index (χ0) is 13.8. The van der Waals surface area contributed by atoms with Crippen LogP contribution in [0.4, 0.5) is 0 Å². The summed E-state index contributed by atoms with van der Waals surface area (Å²) < 4.78 is 2.17. The average Bonchev–Trinajstić information content (AvgIpc) is 2.73. The fourth-order valence-electron chi connectivity index (χ4n) is 2.07. The van der Waals surface area contributed by atoms with Gasteiger partial charge in [-0.15, -0.1) is 11.6 Å². The highest BCUT2D eigenvalue weighted by molar-refractivity contribution is 6.17. The lowest BCUT2D eigenvalue weighted by Gasteiger charge is -2.13. The minimum Gasteiger partial charge on any atom is -0.327 e. The molecule has 0 fully saturated rings. The fraction of sp³-hybridized carbons (Fsp3) is 0.429. The van der Waals surface area contributed by atoms with E-state index in [9.17, 15) is 0 Å². The molecule has 4 nitrogen and oxygen atoms in total. The van der Waals surface area contributed by atoms with E-state index in [-0.39, 0.29) is 0 Å². The minimum absolute atomic E-state index is 0.552. The van der Waals surface area contributed by atoms with Crippen molar-refractivity contribution in [1.82, 2.24) is 14.5 Å². The highest BCUT2D eigenvalue weighted by Crippen LogP contribution is 2.18. The fourth-order valence-corrected chi connectivity index (χ4v) is 2.24. The van der Waals surface area contributed by atoms with E-state index < -0.39 is 0 Å². The Bertz CT molecular complexity index is 610. The molecule has 0 aliphatic rings. The van der Waals surface area contributed by atoms with Crippen LogP contribution in [0.2, 0.25) is 0 Å². The van der Waals surface area contributed by atoms with Gasteiger partial charge in [0.15, 0.2) is 0 Å². The van der Waals surface area contributed by atoms with Crippen molar-refractivity contribution in [2.24, 2.45) is 0 Å². The van der Waals surface area contributed by atoms with E-state index in [1.165, 1.54) is 0 Å². The molecule has 0 bridgehead atoms. The van der Waals surface area contributed by atoms with E-state index in [0.717, 1.165) is 36.4 Å². The number of hydrogen-bond donors (Lipinski definition) is 0. The van der Waals surface area contributed by atoms with Crippen LogP contribution in [0, 0.1) is 11.3 Å². The average molecular weight is 277 g/mol. The molecule has 100 valence electrons. The third-order valence-corrected chi connectivity index (χ3v) is 3.23. The Balaban J connectivity index is 2.47. The number of nitriles is 1. The van der Waals surface area contributed by atoms with E-state index in [2.05, 4.69) is 20.5 Å². The number of benzene rings is 1. The molecule has 1 aromatic heterocycles. The number of fused-ring (bicyclic) bond motifs is 1. The summed E-state index contributed by atoms with van der Waals surface area (Å²) in [5, 5.41) is 9.01. The van der Waals surface area contributed by atoms with Crippen LogP contribution in [-0.4, -0.2) is 41.0 Å². The maximum atomic E-state index is 9.01. The van der Waals surface area contributed by atoms with Crippen molar-refractivity contribution in [3.05, 3.63) is 29.6 Å². The number of nitrogens with zero attached hydrogens (tertiary/aromatic N) is 4. The largest absolute Gasteiger partial charge is 0.327 e. The number of alkyl halides is 1. The summed E-state index contributed by atoms with van der Waals surface area (Å²) in [6, 6.07) is 7.78. The van der Waals surface area contributed by atoms with Crippen LogP contribution in [0.5, 0.6) is 0 Å². The molecule has 0 saturated heterocycles. The van der Waals surface area contributed by atoms with Gasteiger partial charge in [-0.1, -0.05) is 0 Å². The smallest absolute Gasteiger partial charge is 0.111 e. The lowest BCUT2D eigenvalue weighted by molar-refractivity contribution is 0.383. The lowest BCUT2D eigenvalue weighted by Crippen LogP contribution is -2.19. The van der Waals surface area contributed by atoms with Crippen LogP contribution >= 0.6 is 11.6 Å². The number of likely N-dealkylation sites (N-methyl/N-ethyl adjacent to an activating group) is 1. The summed E-state index contributed by atoms with van der Waals surface area (Å²) in [6.45, 7) is 1.78. The highest BCUT2D eigenvalue weighted by atomic mass is 35.5. The van der Waals surface area contributed by atoms with Crippen molar-refractivity contribution in [2.75, 3.05) is 26.5 Å². The van der Waals surface area contributed by atoms with Gasteiger partial charge in [-0.3, -0.25) is 0 Å². The number of aryl methyl sites for hydroxylation is 1. The maximum absolute atomic E-state index is 9.01. The number of hydrogen-bond acceptors (Lipinski definition) is 3. The van der Waals surface area contributed by atoms with Gasteiger partial charge in [0, 0.05) is 25.4 Å². The van der Waals surface area contributed by atoms with Gasteiger partial charge in [0.25, 0.3) is 0 Å². The zero-order valence-electron chi connectivity index (χ0n) is 11.2. The van der Waals surface area contributed by atoms with E-state index in [1.54, 1.807) is 6.07 Å². The number of rotatable bonds is 5. The second kappa shape index (κ2) is 6.05. The molecule has 0 aliphatic heterocycles. The maximum Gasteiger partial charge on any atom is 0.111 e. The number of imidazole rings is 1. The van der Waals surface area contributed by atoms with Crippen LogP contribution < -0.4 is 0 Å². The first-order valence-corrected chi connectivity index (χ1v) is 6.79. The molecule has 5 heteroatoms. The molecule has 0 spiro atoms. The SMILES string of the molecule is CN(C)CCn1c(CCCl)nc2ccc(C#N)cc21. The van der Waals surface area contributed by atoms with Crippen molar-refractivity contribution in [1.29, 1.82) is 5.26 Å². The molecule has 19 heavy (non-hydrogen) atoms. The van der Waals surface area contributed by atoms with E-state index in [4.69, 9.17) is 16.9 Å². The Kier molecular flexibility index (Phi) is 4.41. The predicted octanol–water partition coefficient (Wildman–Crippen LogP) is 2.25. The molecule has 1 heterocycles. The normalized spacial score (nSPS) is 11.1. The Labute approximate surface area is 118 Å². The molecule has 0 radical (unpaired) electrons. The molecule has 2 rings (SSSR count). The summed E-state index contributed by atoms with van der Waals surface area (Å²) in [5.74, 6) is 1.54. The summed E-state index contributed by atoms with van der Waals surface area (Å²) >= 11 is 5.84. The molecule has 0 amide bonds. The van der Waals surface area contributed by atoms with Gasteiger partial charge in [-0.25, -0.2) is 4.98 Å². The third-order valence-electron chi connectivity index (χ3n) is 3.05. The van der Waals surface area contributed by atoms with Crippen molar-refractivity contribution < 1.29 is 0 Å². The molecule has 0 N–H and O–H groups in total. The van der Waals surface area contributed by atoms with Crippen molar-refractivity contribution in [2.45, 2.75) is 13.0 Å². The summed E-state index contributed by atoms with van der Waals surface area (Å²) in [6.07, 6.45) is 0.742. The first-order chi connectivity index (χ1) is 9.15. The summed E-state index contributed by atoms with van der Waals surface area (Å²) in [7, 11) is 4.09. The van der Waals surface area contributed by atoms with Gasteiger partial charge in [0.05, 0.1) is 22.7 Å². The topological polar surface area (TPSA) is 44.9 Å². The molecular weight excluding hydrogens is 260 g/mol. The van der Waals surface area contributed by atoms with Gasteiger partial charge in [-0.05, 0) is 32.3 Å². The monoisotopic (exact) mass is 276 g/mol. The van der Waals surface area contributed by atoms with Crippen LogP contribution in [-0.2, 0) is 13.0 Å². The van der Waals surface area contributed by atoms with Crippen molar-refractivity contribution >= 4 is 22.6 Å². The summed E-state index contributed by atoms with van der Waals surface area (Å²) in [5.41, 5.74) is 2.61. The van der Waals surface area contributed by atoms with Gasteiger partial charge < -0.3 is 9.47 Å². The van der Waals surface area contributed by atoms with Gasteiger partial charge in [-0.2, -0.15) is 5.26 Å². The molecule has 0 aliphatic carbocycles. The zero-order valence-corrected chi connectivity index (χ0v) is 12.0. The summed E-state index contributed by atoms with van der Waals surface area (Å²) in [4.78, 5) is 6.74. The highest BCUT2D eigenvalue weighted by Gasteiger charge is 2.11. The third kappa shape index (κ3) is 3.06. The minimum atomic E-state index is 0.552. The molecule has 0 atom stereocenters. The van der Waals surface area contributed by atoms with Crippen LogP contribution in [0.25, 0.3) is 11.0 Å². The van der Waals surface area contributed by atoms with Crippen molar-refractivity contribution in [3.63, 3.8) is 0 Å². The van der Waals surface area contributed by atoms with Crippen molar-refractivity contribution in [3.8, 4) is 6.07 Å². The molecular formula is C14H17ClN4. The number of halogens is 1. The van der Waals surface area contributed by atoms with Crippen LogP contribution in [0.3, 0.4) is 0 Å². The lowest BCUT2D eigenvalue weighted by atomic mass is 10.2.